The molecule has 3 rings (SSSR count). The van der Waals surface area contributed by atoms with Gasteiger partial charge in [-0.2, -0.15) is 4.98 Å². The minimum atomic E-state index is 0.482. The number of hydrogen-bond donors (Lipinski definition) is 1. The number of thiophene rings is 1. The number of hydrogen-bond acceptors (Lipinski definition) is 5. The van der Waals surface area contributed by atoms with Gasteiger partial charge in [0.15, 0.2) is 0 Å². The molecule has 0 aliphatic heterocycles. The van der Waals surface area contributed by atoms with E-state index in [0.717, 1.165) is 16.8 Å². The Morgan fingerprint density at radius 3 is 2.67 bits per heavy atom. The minimum Gasteiger partial charge on any atom is -0.438 e. The first-order chi connectivity index (χ1) is 10.2. The first-order valence-electron chi connectivity index (χ1n) is 6.29. The van der Waals surface area contributed by atoms with E-state index in [4.69, 9.17) is 27.9 Å². The molecule has 0 aliphatic carbocycles. The topological polar surface area (TPSA) is 47.0 Å². The van der Waals surface area contributed by atoms with Crippen LogP contribution in [0.5, 0.6) is 11.6 Å². The molecule has 0 bridgehead atoms. The molecule has 2 heterocycles. The lowest BCUT2D eigenvalue weighted by Crippen LogP contribution is -2.02. The fourth-order valence-electron chi connectivity index (χ4n) is 1.84. The lowest BCUT2D eigenvalue weighted by molar-refractivity contribution is 0.469. The predicted molar refractivity (Wildman–Crippen MR) is 88.1 cm³/mol. The summed E-state index contributed by atoms with van der Waals surface area (Å²) in [4.78, 5) is 9.68. The third kappa shape index (κ3) is 3.20. The zero-order valence-corrected chi connectivity index (χ0v) is 13.4. The number of rotatable bonds is 4. The van der Waals surface area contributed by atoms with Gasteiger partial charge in [0.2, 0.25) is 11.8 Å². The van der Waals surface area contributed by atoms with Crippen LogP contribution < -0.4 is 10.1 Å². The third-order valence-electron chi connectivity index (χ3n) is 2.68. The Morgan fingerprint density at radius 2 is 1.95 bits per heavy atom. The highest BCUT2D eigenvalue weighted by atomic mass is 35.5. The average Bonchev–Trinajstić information content (AvgIpc) is 2.86. The zero-order chi connectivity index (χ0) is 14.8. The van der Waals surface area contributed by atoms with Crippen LogP contribution in [0.15, 0.2) is 29.6 Å². The first-order valence-corrected chi connectivity index (χ1v) is 7.92. The van der Waals surface area contributed by atoms with E-state index in [1.165, 1.54) is 11.3 Å². The number of nitrogens with zero attached hydrogens (tertiary/aromatic N) is 2. The quantitative estimate of drug-likeness (QED) is 0.707. The van der Waals surface area contributed by atoms with Crippen LogP contribution in [0.4, 0.5) is 5.95 Å². The largest absolute Gasteiger partial charge is 0.438 e. The van der Waals surface area contributed by atoms with Gasteiger partial charge >= 0.3 is 0 Å². The highest BCUT2D eigenvalue weighted by Crippen LogP contribution is 2.33. The third-order valence-corrected chi connectivity index (χ3v) is 3.92. The van der Waals surface area contributed by atoms with Crippen molar-refractivity contribution >= 4 is 50.7 Å². The van der Waals surface area contributed by atoms with E-state index >= 15 is 0 Å². The summed E-state index contributed by atoms with van der Waals surface area (Å²) in [6.45, 7) is 2.72. The van der Waals surface area contributed by atoms with Crippen molar-refractivity contribution in [3.63, 3.8) is 0 Å². The molecule has 3 aromatic rings. The molecule has 0 aliphatic rings. The number of aromatic nitrogens is 2. The van der Waals surface area contributed by atoms with E-state index in [1.54, 1.807) is 18.2 Å². The molecular formula is C14H11Cl2N3OS. The Balaban J connectivity index is 2.04. The molecule has 21 heavy (non-hydrogen) atoms. The van der Waals surface area contributed by atoms with E-state index in [2.05, 4.69) is 15.3 Å². The van der Waals surface area contributed by atoms with Crippen molar-refractivity contribution in [3.05, 3.63) is 39.7 Å². The van der Waals surface area contributed by atoms with Crippen LogP contribution in [0.3, 0.4) is 0 Å². The Morgan fingerprint density at radius 1 is 1.19 bits per heavy atom. The molecule has 1 aromatic carbocycles. The van der Waals surface area contributed by atoms with Crippen molar-refractivity contribution < 1.29 is 4.74 Å². The fraction of sp³-hybridized carbons (Fsp3) is 0.143. The molecule has 0 saturated heterocycles. The second kappa shape index (κ2) is 6.05. The minimum absolute atomic E-state index is 0.482. The number of ether oxygens (including phenoxy) is 1. The molecular weight excluding hydrogens is 329 g/mol. The molecule has 0 spiro atoms. The molecule has 0 radical (unpaired) electrons. The van der Waals surface area contributed by atoms with E-state index in [9.17, 15) is 0 Å². The van der Waals surface area contributed by atoms with Crippen molar-refractivity contribution in [2.45, 2.75) is 6.92 Å². The van der Waals surface area contributed by atoms with Gasteiger partial charge in [0, 0.05) is 16.6 Å². The second-order valence-corrected chi connectivity index (χ2v) is 6.00. The summed E-state index contributed by atoms with van der Waals surface area (Å²) in [7, 11) is 0. The van der Waals surface area contributed by atoms with Crippen LogP contribution >= 0.6 is 34.5 Å². The van der Waals surface area contributed by atoms with Crippen LogP contribution in [0, 0.1) is 0 Å². The summed E-state index contributed by atoms with van der Waals surface area (Å²) in [6.07, 6.45) is 0. The summed E-state index contributed by atoms with van der Waals surface area (Å²) in [5, 5.41) is 6.93. The zero-order valence-electron chi connectivity index (χ0n) is 11.1. The maximum Gasteiger partial charge on any atom is 0.232 e. The lowest BCUT2D eigenvalue weighted by atomic mass is 10.3. The number of anilines is 1. The number of halogens is 2. The average molecular weight is 340 g/mol. The van der Waals surface area contributed by atoms with Crippen molar-refractivity contribution in [1.82, 2.24) is 9.97 Å². The van der Waals surface area contributed by atoms with Gasteiger partial charge in [-0.1, -0.05) is 23.2 Å². The summed E-state index contributed by atoms with van der Waals surface area (Å²) in [5.74, 6) is 1.56. The summed E-state index contributed by atoms with van der Waals surface area (Å²) in [5.41, 5.74) is 0. The van der Waals surface area contributed by atoms with E-state index in [1.807, 2.05) is 18.4 Å². The second-order valence-electron chi connectivity index (χ2n) is 4.23. The van der Waals surface area contributed by atoms with Gasteiger partial charge in [-0.25, -0.2) is 4.98 Å². The maximum absolute atomic E-state index is 5.99. The lowest BCUT2D eigenvalue weighted by Gasteiger charge is -2.09. The van der Waals surface area contributed by atoms with Crippen molar-refractivity contribution in [3.8, 4) is 11.6 Å². The highest BCUT2D eigenvalue weighted by Gasteiger charge is 2.11. The summed E-state index contributed by atoms with van der Waals surface area (Å²) in [6, 6.07) is 6.97. The standard InChI is InChI=1S/C14H11Cl2N3OS/c1-2-17-14-18-12(11-3-4-21-13(11)19-14)20-10-6-8(15)5-9(16)7-10/h3-7H,2H2,1H3,(H,17,18,19). The highest BCUT2D eigenvalue weighted by molar-refractivity contribution is 7.16. The van der Waals surface area contributed by atoms with E-state index < -0.39 is 0 Å². The van der Waals surface area contributed by atoms with Crippen molar-refractivity contribution in [2.24, 2.45) is 0 Å². The Labute approximate surface area is 135 Å². The molecule has 0 saturated carbocycles. The molecule has 1 N–H and O–H groups in total. The number of nitrogens with one attached hydrogen (secondary N) is 1. The molecule has 108 valence electrons. The van der Waals surface area contributed by atoms with Crippen LogP contribution in [-0.4, -0.2) is 16.5 Å². The molecule has 2 aromatic heterocycles. The van der Waals surface area contributed by atoms with E-state index in [-0.39, 0.29) is 0 Å². The van der Waals surface area contributed by atoms with Gasteiger partial charge in [0.1, 0.15) is 10.6 Å². The smallest absolute Gasteiger partial charge is 0.232 e. The summed E-state index contributed by atoms with van der Waals surface area (Å²) < 4.78 is 5.85. The van der Waals surface area contributed by atoms with Gasteiger partial charge in [-0.3, -0.25) is 0 Å². The van der Waals surface area contributed by atoms with Crippen LogP contribution in [0.1, 0.15) is 6.92 Å². The fourth-order valence-corrected chi connectivity index (χ4v) is 3.10. The first kappa shape index (κ1) is 14.4. The van der Waals surface area contributed by atoms with Crippen LogP contribution in [-0.2, 0) is 0 Å². The molecule has 7 heteroatoms. The van der Waals surface area contributed by atoms with Crippen molar-refractivity contribution in [2.75, 3.05) is 11.9 Å². The van der Waals surface area contributed by atoms with Crippen molar-refractivity contribution in [1.29, 1.82) is 0 Å². The summed E-state index contributed by atoms with van der Waals surface area (Å²) >= 11 is 13.5. The normalized spacial score (nSPS) is 10.8. The molecule has 0 amide bonds. The van der Waals surface area contributed by atoms with Gasteiger partial charge in [-0.05, 0) is 36.6 Å². The maximum atomic E-state index is 5.99. The predicted octanol–water partition coefficient (Wildman–Crippen LogP) is 5.22. The van der Waals surface area contributed by atoms with Crippen LogP contribution in [0.2, 0.25) is 10.0 Å². The van der Waals surface area contributed by atoms with Crippen LogP contribution in [0.25, 0.3) is 10.2 Å². The van der Waals surface area contributed by atoms with E-state index in [0.29, 0.717) is 27.6 Å². The molecule has 0 atom stereocenters. The monoisotopic (exact) mass is 339 g/mol. The molecule has 0 fully saturated rings. The molecule has 0 unspecified atom stereocenters. The Hall–Kier alpha value is -1.56. The van der Waals surface area contributed by atoms with Gasteiger partial charge in [0.05, 0.1) is 5.39 Å². The number of fused-ring (bicyclic) bond motifs is 1. The van der Waals surface area contributed by atoms with Gasteiger partial charge in [0.25, 0.3) is 0 Å². The Kier molecular flexibility index (Phi) is 4.14. The molecule has 4 nitrogen and oxygen atoms in total. The Bertz CT molecular complexity index is 771. The SMILES string of the molecule is CCNc1nc(Oc2cc(Cl)cc(Cl)c2)c2ccsc2n1. The van der Waals surface area contributed by atoms with Gasteiger partial charge < -0.3 is 10.1 Å². The van der Waals surface area contributed by atoms with Gasteiger partial charge in [-0.15, -0.1) is 11.3 Å². The number of benzene rings is 1.